The maximum Gasteiger partial charge on any atom is 0.499 e. The molecule has 1 radical (unpaired) electrons. The molecule has 0 bridgehead atoms. The van der Waals surface area contributed by atoms with Crippen LogP contribution in [0.3, 0.4) is 0 Å². The van der Waals surface area contributed by atoms with Gasteiger partial charge >= 0.3 is 12.3 Å². The Morgan fingerprint density at radius 2 is 1.53 bits per heavy atom. The Balaban J connectivity index is 2.92. The van der Waals surface area contributed by atoms with E-state index in [4.69, 9.17) is 5.73 Å². The van der Waals surface area contributed by atoms with Crippen molar-refractivity contribution in [2.75, 3.05) is 0 Å². The summed E-state index contributed by atoms with van der Waals surface area (Å²) >= 11 is 0. The van der Waals surface area contributed by atoms with Crippen molar-refractivity contribution in [1.82, 2.24) is 5.73 Å². The molecule has 7 heteroatoms. The smallest absolute Gasteiger partial charge is 0.423 e. The molecule has 1 aromatic carbocycles. The lowest BCUT2D eigenvalue weighted by molar-refractivity contribution is -0.360. The number of para-hydroxylation sites is 1. The van der Waals surface area contributed by atoms with E-state index in [1.165, 1.54) is 12.1 Å². The summed E-state index contributed by atoms with van der Waals surface area (Å²) in [6, 6.07) is 4.42. The maximum atomic E-state index is 12.4. The van der Waals surface area contributed by atoms with Crippen molar-refractivity contribution in [2.24, 2.45) is 0 Å². The minimum Gasteiger partial charge on any atom is -0.423 e. The summed E-state index contributed by atoms with van der Waals surface area (Å²) in [6.45, 7) is 0. The third kappa shape index (κ3) is 2.48. The number of rotatable bonds is 2. The Kier molecular flexibility index (Phi) is 2.74. The van der Waals surface area contributed by atoms with E-state index in [0.717, 1.165) is 12.1 Å². The lowest BCUT2D eigenvalue weighted by Crippen LogP contribution is -2.41. The molecule has 2 nitrogen and oxygen atoms in total. The number of ether oxygens (including phenoxy) is 1. The summed E-state index contributed by atoms with van der Waals surface area (Å²) in [5.74, 6) is -0.820. The van der Waals surface area contributed by atoms with Crippen LogP contribution in [0.4, 0.5) is 27.6 Å². The van der Waals surface area contributed by atoms with E-state index in [2.05, 4.69) is 4.74 Å². The minimum absolute atomic E-state index is 0.540. The first-order valence-electron chi connectivity index (χ1n) is 3.68. The summed E-state index contributed by atoms with van der Waals surface area (Å²) in [6.07, 6.45) is -11.1. The first-order valence-corrected chi connectivity index (χ1v) is 3.68. The monoisotopic (exact) mass is 226 g/mol. The summed E-state index contributed by atoms with van der Waals surface area (Å²) in [5, 5.41) is 0. The Bertz CT molecular complexity index is 349. The molecule has 15 heavy (non-hydrogen) atoms. The SMILES string of the molecule is [NH]c1ccccc1OC(F)(F)C(F)(F)F. The Morgan fingerprint density at radius 1 is 1.00 bits per heavy atom. The van der Waals surface area contributed by atoms with Gasteiger partial charge in [-0.3, -0.25) is 5.73 Å². The van der Waals surface area contributed by atoms with Gasteiger partial charge in [-0.2, -0.15) is 22.0 Å². The van der Waals surface area contributed by atoms with E-state index in [9.17, 15) is 22.0 Å². The van der Waals surface area contributed by atoms with Gasteiger partial charge in [-0.05, 0) is 12.1 Å². The van der Waals surface area contributed by atoms with Crippen LogP contribution in [0.25, 0.3) is 0 Å². The molecule has 0 heterocycles. The molecule has 1 rings (SSSR count). The molecule has 0 aliphatic heterocycles. The van der Waals surface area contributed by atoms with Gasteiger partial charge in [0.25, 0.3) is 0 Å². The van der Waals surface area contributed by atoms with Gasteiger partial charge in [0, 0.05) is 0 Å². The van der Waals surface area contributed by atoms with Crippen molar-refractivity contribution in [2.45, 2.75) is 12.3 Å². The highest BCUT2D eigenvalue weighted by atomic mass is 19.4. The summed E-state index contributed by atoms with van der Waals surface area (Å²) in [4.78, 5) is 0. The van der Waals surface area contributed by atoms with Crippen molar-refractivity contribution < 1.29 is 26.7 Å². The average molecular weight is 226 g/mol. The predicted octanol–water partition coefficient (Wildman–Crippen LogP) is 3.13. The zero-order valence-corrected chi connectivity index (χ0v) is 7.11. The molecule has 0 aromatic heterocycles. The summed E-state index contributed by atoms with van der Waals surface area (Å²) < 4.78 is 63.3. The van der Waals surface area contributed by atoms with Crippen molar-refractivity contribution >= 4 is 5.69 Å². The Hall–Kier alpha value is -1.53. The van der Waals surface area contributed by atoms with Gasteiger partial charge in [0.05, 0.1) is 5.69 Å². The Labute approximate surface area is 81.4 Å². The summed E-state index contributed by atoms with van der Waals surface area (Å²) in [5.41, 5.74) is 6.49. The van der Waals surface area contributed by atoms with Crippen molar-refractivity contribution in [3.63, 3.8) is 0 Å². The Morgan fingerprint density at radius 3 is 2.00 bits per heavy atom. The van der Waals surface area contributed by atoms with Crippen LogP contribution < -0.4 is 10.5 Å². The normalized spacial score (nSPS) is 12.6. The highest BCUT2D eigenvalue weighted by Gasteiger charge is 2.61. The number of hydrogen-bond donors (Lipinski definition) is 0. The molecular formula is C8H5F5NO. The zero-order chi connectivity index (χ0) is 11.7. The number of nitrogens with one attached hydrogen (secondary N) is 1. The van der Waals surface area contributed by atoms with E-state index in [1.54, 1.807) is 0 Å². The zero-order valence-electron chi connectivity index (χ0n) is 7.11. The van der Waals surface area contributed by atoms with Crippen molar-refractivity contribution in [1.29, 1.82) is 0 Å². The van der Waals surface area contributed by atoms with Gasteiger partial charge in [-0.25, -0.2) is 0 Å². The summed E-state index contributed by atoms with van der Waals surface area (Å²) in [7, 11) is 0. The molecule has 0 unspecified atom stereocenters. The molecule has 0 aliphatic rings. The fourth-order valence-electron chi connectivity index (χ4n) is 0.752. The number of halogens is 5. The fourth-order valence-corrected chi connectivity index (χ4v) is 0.752. The van der Waals surface area contributed by atoms with Crippen LogP contribution in [0.1, 0.15) is 0 Å². The molecule has 1 aromatic rings. The predicted molar refractivity (Wildman–Crippen MR) is 40.8 cm³/mol. The van der Waals surface area contributed by atoms with E-state index in [-0.39, 0.29) is 0 Å². The second-order valence-electron chi connectivity index (χ2n) is 2.61. The topological polar surface area (TPSA) is 33.0 Å². The maximum absolute atomic E-state index is 12.4. The molecule has 83 valence electrons. The van der Waals surface area contributed by atoms with E-state index in [1.807, 2.05) is 0 Å². The lowest BCUT2D eigenvalue weighted by atomic mass is 10.3. The van der Waals surface area contributed by atoms with Crippen molar-refractivity contribution in [3.8, 4) is 5.75 Å². The number of hydrogen-bond acceptors (Lipinski definition) is 1. The van der Waals surface area contributed by atoms with E-state index in [0.29, 0.717) is 0 Å². The van der Waals surface area contributed by atoms with Crippen LogP contribution >= 0.6 is 0 Å². The van der Waals surface area contributed by atoms with Gasteiger partial charge < -0.3 is 4.74 Å². The van der Waals surface area contributed by atoms with Gasteiger partial charge in [0.15, 0.2) is 5.75 Å². The molecule has 0 spiro atoms. The molecule has 0 atom stereocenters. The number of benzene rings is 1. The fraction of sp³-hybridized carbons (Fsp3) is 0.250. The van der Waals surface area contributed by atoms with Gasteiger partial charge in [-0.1, -0.05) is 12.1 Å². The van der Waals surface area contributed by atoms with Crippen LogP contribution in [0.15, 0.2) is 24.3 Å². The van der Waals surface area contributed by atoms with Crippen LogP contribution in [0, 0.1) is 0 Å². The average Bonchev–Trinajstić information content (AvgIpc) is 2.06. The highest BCUT2D eigenvalue weighted by Crippen LogP contribution is 2.38. The van der Waals surface area contributed by atoms with Gasteiger partial charge in [-0.15, -0.1) is 0 Å². The molecule has 1 N–H and O–H groups in total. The van der Waals surface area contributed by atoms with E-state index < -0.39 is 23.7 Å². The molecule has 0 saturated heterocycles. The molecule has 0 saturated carbocycles. The quantitative estimate of drug-likeness (QED) is 0.713. The van der Waals surface area contributed by atoms with Crippen molar-refractivity contribution in [3.05, 3.63) is 24.3 Å². The second-order valence-corrected chi connectivity index (χ2v) is 2.61. The third-order valence-corrected chi connectivity index (χ3v) is 1.46. The molecular weight excluding hydrogens is 221 g/mol. The first kappa shape index (κ1) is 11.5. The number of alkyl halides is 5. The third-order valence-electron chi connectivity index (χ3n) is 1.46. The van der Waals surface area contributed by atoms with Crippen LogP contribution in [0.2, 0.25) is 0 Å². The standard InChI is InChI=1S/C8H5F5NO/c9-7(10,11)8(12,13)15-6-4-2-1-3-5(6)14/h1-4,14H. The molecule has 0 fully saturated rings. The van der Waals surface area contributed by atoms with Crippen LogP contribution in [-0.2, 0) is 0 Å². The largest absolute Gasteiger partial charge is 0.499 e. The van der Waals surface area contributed by atoms with Gasteiger partial charge in [0.1, 0.15) is 0 Å². The second kappa shape index (κ2) is 3.56. The lowest BCUT2D eigenvalue weighted by Gasteiger charge is -2.20. The van der Waals surface area contributed by atoms with E-state index >= 15 is 0 Å². The van der Waals surface area contributed by atoms with Gasteiger partial charge in [0.2, 0.25) is 0 Å². The molecule has 0 amide bonds. The van der Waals surface area contributed by atoms with Crippen LogP contribution in [-0.4, -0.2) is 12.3 Å². The first-order chi connectivity index (χ1) is 6.74. The minimum atomic E-state index is -5.80. The highest BCUT2D eigenvalue weighted by molar-refractivity contribution is 5.48. The van der Waals surface area contributed by atoms with Crippen LogP contribution in [0.5, 0.6) is 5.75 Å². The molecule has 0 aliphatic carbocycles.